The molecule has 0 spiro atoms. The highest BCUT2D eigenvalue weighted by atomic mass is 32.2. The quantitative estimate of drug-likeness (QED) is 0.136. The number of benzene rings is 3. The average molecular weight is 685 g/mol. The van der Waals surface area contributed by atoms with Gasteiger partial charge >= 0.3 is 11.2 Å². The van der Waals surface area contributed by atoms with Gasteiger partial charge in [-0.2, -0.15) is 17.6 Å². The van der Waals surface area contributed by atoms with E-state index in [0.717, 1.165) is 46.8 Å². The summed E-state index contributed by atoms with van der Waals surface area (Å²) in [7, 11) is -10.2. The molecule has 3 atom stereocenters. The van der Waals surface area contributed by atoms with Crippen LogP contribution in [0.15, 0.2) is 105 Å². The Balaban J connectivity index is 0.000000201. The van der Waals surface area contributed by atoms with Crippen LogP contribution in [0.1, 0.15) is 57.8 Å². The summed E-state index contributed by atoms with van der Waals surface area (Å²) in [5, 5.41) is -5.77. The van der Waals surface area contributed by atoms with Crippen molar-refractivity contribution >= 4 is 30.9 Å². The van der Waals surface area contributed by atoms with E-state index in [1.54, 1.807) is 0 Å². The van der Waals surface area contributed by atoms with Crippen LogP contribution < -0.4 is 0 Å². The number of alkyl halides is 4. The molecule has 3 aromatic rings. The van der Waals surface area contributed by atoms with E-state index in [2.05, 4.69) is 24.3 Å². The second kappa shape index (κ2) is 13.4. The minimum atomic E-state index is -6.35. The molecule has 0 radical (unpaired) electrons. The van der Waals surface area contributed by atoms with E-state index < -0.39 is 53.9 Å². The van der Waals surface area contributed by atoms with Gasteiger partial charge in [0.25, 0.3) is 0 Å². The molecule has 3 aromatic carbocycles. The van der Waals surface area contributed by atoms with Gasteiger partial charge in [0.1, 0.15) is 15.8 Å². The fraction of sp³-hybridized carbons (Fsp3) is 0.455. The van der Waals surface area contributed by atoms with Crippen LogP contribution in [0.4, 0.5) is 17.6 Å². The second-order valence-electron chi connectivity index (χ2n) is 12.1. The maximum atomic E-state index is 13.6. The second-order valence-corrected chi connectivity index (χ2v) is 17.7. The Morgan fingerprint density at radius 1 is 0.667 bits per heavy atom. The summed E-state index contributed by atoms with van der Waals surface area (Å²) in [4.78, 5) is 3.70. The summed E-state index contributed by atoms with van der Waals surface area (Å²) in [6, 6.07) is 28.1. The molecular formula is C33H36F4O5S3. The minimum absolute atomic E-state index is 0.0407. The zero-order valence-electron chi connectivity index (χ0n) is 24.5. The Bertz CT molecular complexity index is 1620. The molecule has 3 aliphatic carbocycles. The van der Waals surface area contributed by atoms with Crippen molar-refractivity contribution in [1.82, 2.24) is 0 Å². The molecule has 244 valence electrons. The first-order valence-electron chi connectivity index (χ1n) is 15.1. The number of hydrogen-bond donors (Lipinski definition) is 0. The lowest BCUT2D eigenvalue weighted by atomic mass is 9.84. The molecule has 6 rings (SSSR count). The smallest absolute Gasteiger partial charge is 0.396 e. The van der Waals surface area contributed by atoms with Crippen LogP contribution in [0.25, 0.3) is 0 Å². The van der Waals surface area contributed by atoms with Gasteiger partial charge in [-0.3, -0.25) is 0 Å². The summed E-state index contributed by atoms with van der Waals surface area (Å²) >= 11 is 0. The molecule has 3 saturated carbocycles. The number of rotatable bonds is 8. The first-order chi connectivity index (χ1) is 21.2. The van der Waals surface area contributed by atoms with Crippen LogP contribution in [-0.4, -0.2) is 37.8 Å². The summed E-state index contributed by atoms with van der Waals surface area (Å²) in [5.41, 5.74) is 0. The third-order valence-corrected chi connectivity index (χ3v) is 14.9. The largest absolute Gasteiger partial charge is 0.743 e. The van der Waals surface area contributed by atoms with E-state index in [4.69, 9.17) is 0 Å². The topological polar surface area (TPSA) is 91.3 Å². The Labute approximate surface area is 265 Å². The molecule has 12 heteroatoms. The third-order valence-electron chi connectivity index (χ3n) is 9.23. The zero-order chi connectivity index (χ0) is 32.5. The van der Waals surface area contributed by atoms with Crippen molar-refractivity contribution in [2.24, 2.45) is 17.8 Å². The van der Waals surface area contributed by atoms with Gasteiger partial charge in [-0.15, -0.1) is 0 Å². The van der Waals surface area contributed by atoms with Gasteiger partial charge in [0.2, 0.25) is 0 Å². The van der Waals surface area contributed by atoms with Crippen molar-refractivity contribution in [3.63, 3.8) is 0 Å². The third kappa shape index (κ3) is 6.84. The molecule has 2 bridgehead atoms. The van der Waals surface area contributed by atoms with Crippen molar-refractivity contribution in [2.45, 2.75) is 93.8 Å². The zero-order valence-corrected chi connectivity index (χ0v) is 27.0. The monoisotopic (exact) mass is 684 g/mol. The molecule has 5 nitrogen and oxygen atoms in total. The molecule has 0 saturated heterocycles. The summed E-state index contributed by atoms with van der Waals surface area (Å²) in [5.74, 6) is -7.10. The van der Waals surface area contributed by atoms with Crippen molar-refractivity contribution in [3.05, 3.63) is 84.9 Å². The Morgan fingerprint density at radius 2 is 1.20 bits per heavy atom. The first kappa shape index (κ1) is 33.9. The maximum absolute atomic E-state index is 13.6. The van der Waals surface area contributed by atoms with Gasteiger partial charge in [0.15, 0.2) is 34.6 Å². The number of hydrogen-bond acceptors (Lipinski definition) is 5. The number of halogens is 4. The minimum Gasteiger partial charge on any atom is -0.743 e. The van der Waals surface area contributed by atoms with Crippen molar-refractivity contribution in [1.29, 1.82) is 0 Å². The van der Waals surface area contributed by atoms with Gasteiger partial charge < -0.3 is 4.55 Å². The lowest BCUT2D eigenvalue weighted by molar-refractivity contribution is -0.202. The highest BCUT2D eigenvalue weighted by molar-refractivity contribution is 7.98. The van der Waals surface area contributed by atoms with Crippen molar-refractivity contribution < 1.29 is 39.0 Å². The predicted octanol–water partition coefficient (Wildman–Crippen LogP) is 8.08. The normalized spacial score (nSPS) is 22.7. The lowest BCUT2D eigenvalue weighted by Crippen LogP contribution is -2.52. The van der Waals surface area contributed by atoms with E-state index in [9.17, 15) is 39.0 Å². The summed E-state index contributed by atoms with van der Waals surface area (Å²) in [6.45, 7) is 0. The molecule has 45 heavy (non-hydrogen) atoms. The fourth-order valence-electron chi connectivity index (χ4n) is 6.98. The van der Waals surface area contributed by atoms with E-state index in [0.29, 0.717) is 24.2 Å². The van der Waals surface area contributed by atoms with Crippen molar-refractivity contribution in [3.8, 4) is 0 Å². The van der Waals surface area contributed by atoms with E-state index >= 15 is 0 Å². The van der Waals surface area contributed by atoms with Gasteiger partial charge in [0, 0.05) is 5.92 Å². The van der Waals surface area contributed by atoms with Crippen LogP contribution in [0, 0.1) is 17.8 Å². The SMILES string of the molecule is O=S(=O)([O-])C(F)(F)C(F)(F)C1CC2CCC1C2.O=S(=O)(c1ccccc1[S+](c1ccccc1)c1ccccc1)C1CCCCC1. The van der Waals surface area contributed by atoms with Crippen LogP contribution >= 0.6 is 0 Å². The standard InChI is InChI=1S/C24H25O2S2.C9H12F4O3S/c25-28(26,22-16-8-3-9-17-22)24-19-11-10-18-23(24)27(20-12-4-1-5-13-20)21-14-6-2-7-15-21;10-8(11,9(12,13)17(14,15)16)7-4-5-1-2-6(7)3-5/h1-2,4-7,10-15,18-19,22H,3,8-9,16-17H2;5-7H,1-4H2,(H,14,15,16)/q+1;/p-1. The predicted molar refractivity (Wildman–Crippen MR) is 164 cm³/mol. The number of fused-ring (bicyclic) bond motifs is 2. The fourth-order valence-corrected chi connectivity index (χ4v) is 12.1. The Hall–Kier alpha value is -2.41. The van der Waals surface area contributed by atoms with Gasteiger partial charge in [0.05, 0.1) is 5.25 Å². The van der Waals surface area contributed by atoms with Crippen LogP contribution in [0.2, 0.25) is 0 Å². The molecular weight excluding hydrogens is 649 g/mol. The molecule has 0 N–H and O–H groups in total. The highest BCUT2D eigenvalue weighted by Crippen LogP contribution is 2.58. The van der Waals surface area contributed by atoms with E-state index in [1.807, 2.05) is 60.7 Å². The molecule has 0 aliphatic heterocycles. The first-order valence-corrected chi connectivity index (χ1v) is 19.3. The number of sulfone groups is 1. The lowest BCUT2D eigenvalue weighted by Gasteiger charge is -2.36. The van der Waals surface area contributed by atoms with Crippen LogP contribution in [0.3, 0.4) is 0 Å². The van der Waals surface area contributed by atoms with Gasteiger partial charge in [-0.05, 0) is 80.3 Å². The average Bonchev–Trinajstić information content (AvgIpc) is 3.68. The van der Waals surface area contributed by atoms with Crippen LogP contribution in [-0.2, 0) is 30.9 Å². The van der Waals surface area contributed by atoms with Gasteiger partial charge in [-0.1, -0.05) is 74.2 Å². The molecule has 3 unspecified atom stereocenters. The summed E-state index contributed by atoms with van der Waals surface area (Å²) in [6.07, 6.45) is 6.14. The molecule has 0 amide bonds. The van der Waals surface area contributed by atoms with E-state index in [1.165, 1.54) is 0 Å². The molecule has 0 heterocycles. The highest BCUT2D eigenvalue weighted by Gasteiger charge is 2.68. The molecule has 3 fully saturated rings. The molecule has 0 aromatic heterocycles. The Kier molecular flexibility index (Phi) is 10.1. The van der Waals surface area contributed by atoms with Crippen LogP contribution in [0.5, 0.6) is 0 Å². The van der Waals surface area contributed by atoms with E-state index in [-0.39, 0.29) is 17.6 Å². The summed E-state index contributed by atoms with van der Waals surface area (Å²) < 4.78 is 111. The maximum Gasteiger partial charge on any atom is 0.396 e. The van der Waals surface area contributed by atoms with Gasteiger partial charge in [-0.25, -0.2) is 16.8 Å². The Morgan fingerprint density at radius 3 is 1.69 bits per heavy atom. The van der Waals surface area contributed by atoms with Crippen molar-refractivity contribution in [2.75, 3.05) is 0 Å². The molecule has 3 aliphatic rings.